The van der Waals surface area contributed by atoms with Crippen molar-refractivity contribution >= 4 is 11.6 Å². The average molecular weight is 503 g/mol. The largest absolute Gasteiger partial charge is 0.511 e. The van der Waals surface area contributed by atoms with E-state index in [-0.39, 0.29) is 11.7 Å². The number of aliphatic imine (C=N–C) groups is 1. The van der Waals surface area contributed by atoms with Gasteiger partial charge in [-0.05, 0) is 66.5 Å². The van der Waals surface area contributed by atoms with Gasteiger partial charge in [0.1, 0.15) is 5.76 Å². The summed E-state index contributed by atoms with van der Waals surface area (Å²) in [6.45, 7) is 7.53. The fraction of sp³-hybridized carbons (Fsp3) is 0.613. The van der Waals surface area contributed by atoms with Gasteiger partial charge in [0.05, 0.1) is 5.57 Å². The molecule has 0 spiro atoms. The lowest BCUT2D eigenvalue weighted by molar-refractivity contribution is -0.127. The molecule has 1 unspecified atom stereocenters. The molecule has 1 saturated carbocycles. The molecular formula is C31H42N4O2. The van der Waals surface area contributed by atoms with Crippen LogP contribution in [0.4, 0.5) is 0 Å². The average Bonchev–Trinajstić information content (AvgIpc) is 3.52. The number of hydrogen-bond acceptors (Lipinski definition) is 5. The van der Waals surface area contributed by atoms with Crippen molar-refractivity contribution < 1.29 is 9.90 Å². The van der Waals surface area contributed by atoms with Crippen molar-refractivity contribution in [3.63, 3.8) is 0 Å². The number of benzene rings is 1. The molecule has 1 aromatic rings. The summed E-state index contributed by atoms with van der Waals surface area (Å²) in [5.74, 6) is 1.26. The van der Waals surface area contributed by atoms with Crippen LogP contribution >= 0.6 is 0 Å². The van der Waals surface area contributed by atoms with Gasteiger partial charge in [0.25, 0.3) is 5.91 Å². The van der Waals surface area contributed by atoms with E-state index in [2.05, 4.69) is 35.0 Å². The van der Waals surface area contributed by atoms with E-state index < -0.39 is 0 Å². The molecule has 1 aromatic carbocycles. The molecule has 6 rings (SSSR count). The minimum Gasteiger partial charge on any atom is -0.511 e. The molecule has 1 amide bonds. The number of likely N-dealkylation sites (N-methyl/N-ethyl adjacent to an activating group) is 1. The first-order valence-corrected chi connectivity index (χ1v) is 14.5. The number of nitrogens with zero attached hydrogens (tertiary/aromatic N) is 4. The number of rotatable bonds is 5. The van der Waals surface area contributed by atoms with Gasteiger partial charge < -0.3 is 14.9 Å². The van der Waals surface area contributed by atoms with Crippen LogP contribution in [0.3, 0.4) is 0 Å². The van der Waals surface area contributed by atoms with Crippen LogP contribution in [0.5, 0.6) is 0 Å². The fourth-order valence-corrected chi connectivity index (χ4v) is 7.01. The summed E-state index contributed by atoms with van der Waals surface area (Å²) in [5.41, 5.74) is 6.75. The number of piperazine rings is 1. The summed E-state index contributed by atoms with van der Waals surface area (Å²) in [4.78, 5) is 25.5. The topological polar surface area (TPSA) is 59.4 Å². The van der Waals surface area contributed by atoms with E-state index in [1.807, 2.05) is 11.0 Å². The number of hydrogen-bond donors (Lipinski definition) is 1. The van der Waals surface area contributed by atoms with Gasteiger partial charge in [-0.1, -0.05) is 43.9 Å². The van der Waals surface area contributed by atoms with E-state index in [0.29, 0.717) is 31.0 Å². The van der Waals surface area contributed by atoms with E-state index in [4.69, 9.17) is 4.99 Å². The zero-order chi connectivity index (χ0) is 25.4. The second-order valence-electron chi connectivity index (χ2n) is 12.0. The van der Waals surface area contributed by atoms with Gasteiger partial charge in [0, 0.05) is 64.5 Å². The number of fused-ring (bicyclic) bond motifs is 2. The Morgan fingerprint density at radius 3 is 2.62 bits per heavy atom. The van der Waals surface area contributed by atoms with E-state index in [1.165, 1.54) is 53.7 Å². The Morgan fingerprint density at radius 2 is 1.81 bits per heavy atom. The molecule has 6 nitrogen and oxygen atoms in total. The number of aliphatic hydroxyl groups excluding tert-OH is 1. The van der Waals surface area contributed by atoms with Crippen LogP contribution in [0, 0.1) is 11.8 Å². The quantitative estimate of drug-likeness (QED) is 0.625. The van der Waals surface area contributed by atoms with Crippen molar-refractivity contribution in [2.75, 3.05) is 39.8 Å². The third-order valence-corrected chi connectivity index (χ3v) is 9.31. The lowest BCUT2D eigenvalue weighted by Crippen LogP contribution is -2.43. The Bertz CT molecular complexity index is 1120. The summed E-state index contributed by atoms with van der Waals surface area (Å²) in [6.07, 6.45) is 11.0. The van der Waals surface area contributed by atoms with Crippen LogP contribution in [0.2, 0.25) is 0 Å². The molecule has 6 heteroatoms. The maximum Gasteiger partial charge on any atom is 0.257 e. The first-order chi connectivity index (χ1) is 18.0. The van der Waals surface area contributed by atoms with Crippen LogP contribution in [-0.4, -0.2) is 71.2 Å². The van der Waals surface area contributed by atoms with E-state index in [9.17, 15) is 9.90 Å². The van der Waals surface area contributed by atoms with Crippen LogP contribution in [-0.2, 0) is 24.4 Å². The fourth-order valence-electron chi connectivity index (χ4n) is 7.01. The first-order valence-electron chi connectivity index (χ1n) is 14.5. The van der Waals surface area contributed by atoms with E-state index >= 15 is 0 Å². The maximum atomic E-state index is 13.7. The number of carbonyl (C=O) groups is 1. The molecule has 1 N–H and O–H groups in total. The number of amides is 1. The number of carbonyl (C=O) groups excluding carboxylic acids is 1. The molecule has 198 valence electrons. The summed E-state index contributed by atoms with van der Waals surface area (Å²) in [5, 5.41) is 11.0. The number of allylic oxidation sites excluding steroid dienone is 2. The Hall–Kier alpha value is -2.44. The van der Waals surface area contributed by atoms with Gasteiger partial charge >= 0.3 is 0 Å². The first kappa shape index (κ1) is 24.9. The molecule has 5 aliphatic rings. The SMILES string of the molecule is CN1CCN(Cc2ccc3c(c2)CN(C(=O)C2=C(O)CC4CCCN=C(CC5CCCC5)C4=C2)C3)CC1. The van der Waals surface area contributed by atoms with Gasteiger partial charge in [-0.15, -0.1) is 0 Å². The molecule has 0 radical (unpaired) electrons. The Labute approximate surface area is 221 Å². The molecule has 2 fully saturated rings. The molecule has 3 aliphatic heterocycles. The normalized spacial score (nSPS) is 25.5. The zero-order valence-corrected chi connectivity index (χ0v) is 22.4. The van der Waals surface area contributed by atoms with Crippen LogP contribution in [0.15, 0.2) is 46.2 Å². The minimum absolute atomic E-state index is 0.0373. The summed E-state index contributed by atoms with van der Waals surface area (Å²) < 4.78 is 0. The predicted molar refractivity (Wildman–Crippen MR) is 147 cm³/mol. The molecular weight excluding hydrogens is 460 g/mol. The Kier molecular flexibility index (Phi) is 7.22. The van der Waals surface area contributed by atoms with E-state index in [0.717, 1.165) is 64.4 Å². The van der Waals surface area contributed by atoms with Crippen molar-refractivity contribution in [2.45, 2.75) is 71.0 Å². The van der Waals surface area contributed by atoms with Crippen LogP contribution < -0.4 is 0 Å². The molecule has 2 aliphatic carbocycles. The zero-order valence-electron chi connectivity index (χ0n) is 22.4. The van der Waals surface area contributed by atoms with Crippen molar-refractivity contribution in [3.8, 4) is 0 Å². The number of aliphatic hydroxyl groups is 1. The highest BCUT2D eigenvalue weighted by Crippen LogP contribution is 2.38. The van der Waals surface area contributed by atoms with Gasteiger partial charge in [0.2, 0.25) is 0 Å². The molecule has 0 bridgehead atoms. The standard InChI is InChI=1S/C31H42N4O2/c1-33-11-13-34(14-12-33)19-23-8-9-25-20-35(21-26(25)15-23)31(37)28-18-27-24(17-30(28)36)7-4-10-32-29(27)16-22-5-2-3-6-22/h8-9,15,18,22,24,36H,2-7,10-14,16-17,19-21H2,1H3. The third kappa shape index (κ3) is 5.42. The molecule has 1 atom stereocenters. The second-order valence-corrected chi connectivity index (χ2v) is 12.0. The van der Waals surface area contributed by atoms with Crippen LogP contribution in [0.1, 0.15) is 68.1 Å². The third-order valence-electron chi connectivity index (χ3n) is 9.31. The smallest absolute Gasteiger partial charge is 0.257 e. The Balaban J connectivity index is 1.16. The van der Waals surface area contributed by atoms with Gasteiger partial charge in [-0.3, -0.25) is 14.7 Å². The molecule has 1 saturated heterocycles. The lowest BCUT2D eigenvalue weighted by atomic mass is 9.80. The Morgan fingerprint density at radius 1 is 1.03 bits per heavy atom. The van der Waals surface area contributed by atoms with Crippen molar-refractivity contribution in [3.05, 3.63) is 57.9 Å². The molecule has 37 heavy (non-hydrogen) atoms. The van der Waals surface area contributed by atoms with Crippen LogP contribution in [0.25, 0.3) is 0 Å². The molecule has 0 aromatic heterocycles. The minimum atomic E-state index is -0.0373. The highest BCUT2D eigenvalue weighted by atomic mass is 16.3. The maximum absolute atomic E-state index is 13.7. The predicted octanol–water partition coefficient (Wildman–Crippen LogP) is 4.85. The van der Waals surface area contributed by atoms with Gasteiger partial charge in [0.15, 0.2) is 0 Å². The second kappa shape index (κ2) is 10.7. The highest BCUT2D eigenvalue weighted by molar-refractivity contribution is 6.05. The summed E-state index contributed by atoms with van der Waals surface area (Å²) in [7, 11) is 2.19. The lowest BCUT2D eigenvalue weighted by Gasteiger charge is -2.32. The van der Waals surface area contributed by atoms with Gasteiger partial charge in [-0.2, -0.15) is 0 Å². The summed E-state index contributed by atoms with van der Waals surface area (Å²) >= 11 is 0. The highest BCUT2D eigenvalue weighted by Gasteiger charge is 2.34. The van der Waals surface area contributed by atoms with Crippen molar-refractivity contribution in [1.29, 1.82) is 0 Å². The molecule has 3 heterocycles. The van der Waals surface area contributed by atoms with Gasteiger partial charge in [-0.25, -0.2) is 0 Å². The summed E-state index contributed by atoms with van der Waals surface area (Å²) in [6, 6.07) is 6.73. The monoisotopic (exact) mass is 502 g/mol. The van der Waals surface area contributed by atoms with E-state index in [1.54, 1.807) is 0 Å². The van der Waals surface area contributed by atoms with Crippen molar-refractivity contribution in [2.24, 2.45) is 16.8 Å². The van der Waals surface area contributed by atoms with Crippen molar-refractivity contribution in [1.82, 2.24) is 14.7 Å².